The molecular formula is C11H23NO. The topological polar surface area (TPSA) is 21.3 Å². The highest BCUT2D eigenvalue weighted by molar-refractivity contribution is 4.64. The predicted molar refractivity (Wildman–Crippen MR) is 55.9 cm³/mol. The number of likely N-dealkylation sites (N-methyl/N-ethyl adjacent to an activating group) is 1. The molecule has 13 heavy (non-hydrogen) atoms. The maximum Gasteiger partial charge on any atom is 0.0591 e. The van der Waals surface area contributed by atoms with Crippen molar-refractivity contribution in [2.45, 2.75) is 39.0 Å². The molecule has 2 nitrogen and oxygen atoms in total. The van der Waals surface area contributed by atoms with Crippen LogP contribution in [-0.4, -0.2) is 26.3 Å². The third-order valence-corrected chi connectivity index (χ3v) is 2.75. The molecule has 1 saturated carbocycles. The van der Waals surface area contributed by atoms with Crippen LogP contribution in [0.25, 0.3) is 0 Å². The zero-order chi connectivity index (χ0) is 9.36. The van der Waals surface area contributed by atoms with Gasteiger partial charge in [0, 0.05) is 13.2 Å². The lowest BCUT2D eigenvalue weighted by molar-refractivity contribution is 0.0872. The first-order chi connectivity index (χ1) is 6.43. The molecule has 0 aromatic heterocycles. The van der Waals surface area contributed by atoms with Crippen molar-refractivity contribution in [3.63, 3.8) is 0 Å². The minimum atomic E-state index is 0.857. The molecule has 1 N–H and O–H groups in total. The summed E-state index contributed by atoms with van der Waals surface area (Å²) in [6.45, 7) is 6.05. The van der Waals surface area contributed by atoms with Gasteiger partial charge in [-0.05, 0) is 25.3 Å². The van der Waals surface area contributed by atoms with Crippen LogP contribution in [0.3, 0.4) is 0 Å². The van der Waals surface area contributed by atoms with Gasteiger partial charge in [0.2, 0.25) is 0 Å². The molecule has 2 heteroatoms. The summed E-state index contributed by atoms with van der Waals surface area (Å²) in [6.07, 6.45) is 7.05. The fraction of sp³-hybridized carbons (Fsp3) is 1.00. The summed E-state index contributed by atoms with van der Waals surface area (Å²) in [5.74, 6) is 0.857. The molecule has 0 spiro atoms. The molecule has 0 bridgehead atoms. The number of rotatable bonds is 6. The van der Waals surface area contributed by atoms with Gasteiger partial charge in [-0.15, -0.1) is 0 Å². The van der Waals surface area contributed by atoms with Crippen LogP contribution in [0.4, 0.5) is 0 Å². The maximum absolute atomic E-state index is 5.61. The van der Waals surface area contributed by atoms with E-state index in [1.807, 2.05) is 0 Å². The summed E-state index contributed by atoms with van der Waals surface area (Å²) in [4.78, 5) is 0. The lowest BCUT2D eigenvalue weighted by atomic mass is 9.90. The van der Waals surface area contributed by atoms with Gasteiger partial charge in [-0.1, -0.05) is 26.2 Å². The van der Waals surface area contributed by atoms with E-state index >= 15 is 0 Å². The molecule has 1 fully saturated rings. The molecule has 0 aliphatic heterocycles. The molecule has 1 aliphatic rings. The molecule has 0 atom stereocenters. The van der Waals surface area contributed by atoms with Crippen LogP contribution in [-0.2, 0) is 4.74 Å². The quantitative estimate of drug-likeness (QED) is 0.640. The summed E-state index contributed by atoms with van der Waals surface area (Å²) in [6, 6.07) is 0. The first-order valence-corrected chi connectivity index (χ1v) is 5.72. The van der Waals surface area contributed by atoms with Crippen molar-refractivity contribution in [3.05, 3.63) is 0 Å². The molecule has 0 saturated heterocycles. The Morgan fingerprint density at radius 1 is 1.23 bits per heavy atom. The van der Waals surface area contributed by atoms with Crippen molar-refractivity contribution in [2.75, 3.05) is 26.3 Å². The Morgan fingerprint density at radius 3 is 2.69 bits per heavy atom. The average molecular weight is 185 g/mol. The molecule has 0 aromatic rings. The van der Waals surface area contributed by atoms with Crippen molar-refractivity contribution in [1.29, 1.82) is 0 Å². The minimum Gasteiger partial charge on any atom is -0.380 e. The van der Waals surface area contributed by atoms with Gasteiger partial charge < -0.3 is 10.1 Å². The van der Waals surface area contributed by atoms with Crippen molar-refractivity contribution in [3.8, 4) is 0 Å². The van der Waals surface area contributed by atoms with Crippen molar-refractivity contribution >= 4 is 0 Å². The first kappa shape index (κ1) is 11.0. The molecule has 1 aliphatic carbocycles. The second-order valence-corrected chi connectivity index (χ2v) is 3.93. The third-order valence-electron chi connectivity index (χ3n) is 2.75. The van der Waals surface area contributed by atoms with Crippen LogP contribution in [0.2, 0.25) is 0 Å². The molecule has 78 valence electrons. The second-order valence-electron chi connectivity index (χ2n) is 3.93. The number of hydrogen-bond acceptors (Lipinski definition) is 2. The first-order valence-electron chi connectivity index (χ1n) is 5.72. The van der Waals surface area contributed by atoms with Crippen LogP contribution in [0.5, 0.6) is 0 Å². The number of hydrogen-bond donors (Lipinski definition) is 1. The zero-order valence-electron chi connectivity index (χ0n) is 8.85. The SMILES string of the molecule is CCNCCOCC1CCCCC1. The standard InChI is InChI=1S/C11H23NO/c1-2-12-8-9-13-10-11-6-4-3-5-7-11/h11-12H,2-10H2,1H3. The van der Waals surface area contributed by atoms with E-state index in [9.17, 15) is 0 Å². The molecule has 0 unspecified atom stereocenters. The minimum absolute atomic E-state index is 0.857. The Morgan fingerprint density at radius 2 is 2.00 bits per heavy atom. The van der Waals surface area contributed by atoms with Crippen LogP contribution < -0.4 is 5.32 Å². The fourth-order valence-electron chi connectivity index (χ4n) is 1.92. The zero-order valence-corrected chi connectivity index (χ0v) is 8.85. The highest BCUT2D eigenvalue weighted by Gasteiger charge is 2.12. The van der Waals surface area contributed by atoms with Crippen molar-refractivity contribution in [1.82, 2.24) is 5.32 Å². The summed E-state index contributed by atoms with van der Waals surface area (Å²) < 4.78 is 5.61. The number of ether oxygens (including phenoxy) is 1. The van der Waals surface area contributed by atoms with Gasteiger partial charge in [0.1, 0.15) is 0 Å². The van der Waals surface area contributed by atoms with E-state index in [0.29, 0.717) is 0 Å². The van der Waals surface area contributed by atoms with Crippen LogP contribution in [0.15, 0.2) is 0 Å². The van der Waals surface area contributed by atoms with Gasteiger partial charge >= 0.3 is 0 Å². The van der Waals surface area contributed by atoms with Crippen molar-refractivity contribution in [2.24, 2.45) is 5.92 Å². The lowest BCUT2D eigenvalue weighted by Crippen LogP contribution is -2.21. The van der Waals surface area contributed by atoms with E-state index in [4.69, 9.17) is 4.74 Å². The number of nitrogens with one attached hydrogen (secondary N) is 1. The van der Waals surface area contributed by atoms with Crippen LogP contribution in [0, 0.1) is 5.92 Å². The summed E-state index contributed by atoms with van der Waals surface area (Å²) in [5.41, 5.74) is 0. The van der Waals surface area contributed by atoms with Gasteiger partial charge in [-0.25, -0.2) is 0 Å². The van der Waals surface area contributed by atoms with Crippen molar-refractivity contribution < 1.29 is 4.74 Å². The average Bonchev–Trinajstić information content (AvgIpc) is 2.19. The normalized spacial score (nSPS) is 19.2. The van der Waals surface area contributed by atoms with E-state index in [2.05, 4.69) is 12.2 Å². The van der Waals surface area contributed by atoms with Gasteiger partial charge in [0.05, 0.1) is 6.61 Å². The third kappa shape index (κ3) is 5.27. The Kier molecular flexibility index (Phi) is 6.21. The Labute approximate surface area is 82.0 Å². The Hall–Kier alpha value is -0.0800. The molecule has 0 aromatic carbocycles. The Bertz CT molecular complexity index is 111. The lowest BCUT2D eigenvalue weighted by Gasteiger charge is -2.21. The fourth-order valence-corrected chi connectivity index (χ4v) is 1.92. The summed E-state index contributed by atoms with van der Waals surface area (Å²) in [5, 5.41) is 3.26. The largest absolute Gasteiger partial charge is 0.380 e. The van der Waals surface area contributed by atoms with Gasteiger partial charge in [0.25, 0.3) is 0 Å². The van der Waals surface area contributed by atoms with Gasteiger partial charge in [-0.2, -0.15) is 0 Å². The van der Waals surface area contributed by atoms with Gasteiger partial charge in [0.15, 0.2) is 0 Å². The Balaban J connectivity index is 1.86. The summed E-state index contributed by atoms with van der Waals surface area (Å²) >= 11 is 0. The monoisotopic (exact) mass is 185 g/mol. The van der Waals surface area contributed by atoms with E-state index in [1.54, 1.807) is 0 Å². The van der Waals surface area contributed by atoms with Crippen LogP contribution in [0.1, 0.15) is 39.0 Å². The van der Waals surface area contributed by atoms with E-state index in [1.165, 1.54) is 32.1 Å². The molecule has 0 amide bonds. The van der Waals surface area contributed by atoms with E-state index < -0.39 is 0 Å². The second kappa shape index (κ2) is 7.34. The van der Waals surface area contributed by atoms with Crippen LogP contribution >= 0.6 is 0 Å². The van der Waals surface area contributed by atoms with E-state index in [0.717, 1.165) is 32.2 Å². The molecule has 0 radical (unpaired) electrons. The van der Waals surface area contributed by atoms with E-state index in [-0.39, 0.29) is 0 Å². The molecular weight excluding hydrogens is 162 g/mol. The highest BCUT2D eigenvalue weighted by atomic mass is 16.5. The molecule has 0 heterocycles. The smallest absolute Gasteiger partial charge is 0.0591 e. The molecule has 1 rings (SSSR count). The predicted octanol–water partition coefficient (Wildman–Crippen LogP) is 2.19. The highest BCUT2D eigenvalue weighted by Crippen LogP contribution is 2.23. The van der Waals surface area contributed by atoms with Gasteiger partial charge in [-0.3, -0.25) is 0 Å². The maximum atomic E-state index is 5.61. The summed E-state index contributed by atoms with van der Waals surface area (Å²) in [7, 11) is 0.